The van der Waals surface area contributed by atoms with E-state index in [1.54, 1.807) is 6.92 Å². The molecule has 86 valence electrons. The number of nitrogens with two attached hydrogens (primary N) is 1. The third-order valence-corrected chi connectivity index (χ3v) is 1.81. The van der Waals surface area contributed by atoms with Crippen LogP contribution in [0.2, 0.25) is 0 Å². The number of hydrazine groups is 1. The van der Waals surface area contributed by atoms with Crippen molar-refractivity contribution in [3.63, 3.8) is 0 Å². The van der Waals surface area contributed by atoms with Crippen molar-refractivity contribution >= 4 is 30.3 Å². The number of carbonyl (C=O) groups is 3. The van der Waals surface area contributed by atoms with E-state index in [2.05, 4.69) is 5.43 Å². The maximum Gasteiger partial charge on any atom is 0.343 e. The van der Waals surface area contributed by atoms with Crippen molar-refractivity contribution in [2.75, 3.05) is 6.54 Å². The Morgan fingerprint density at radius 3 is 2.67 bits per heavy atom. The second-order valence-corrected chi connectivity index (χ2v) is 2.93. The molecule has 0 bridgehead atoms. The van der Waals surface area contributed by atoms with Gasteiger partial charge < -0.3 is 5.73 Å². The van der Waals surface area contributed by atoms with Gasteiger partial charge in [-0.1, -0.05) is 6.92 Å². The molecule has 0 saturated carbocycles. The molecule has 1 heterocycles. The average Bonchev–Trinajstić information content (AvgIpc) is 2.44. The summed E-state index contributed by atoms with van der Waals surface area (Å²) in [6, 6.07) is -1.30. The SMILES string of the molecule is CC[C@@H](N)C(=O)NN1CC(=O)NC1=O.Cl. The highest BCUT2D eigenvalue weighted by Gasteiger charge is 2.28. The summed E-state index contributed by atoms with van der Waals surface area (Å²) in [5, 5.41) is 2.92. The molecule has 1 atom stereocenters. The lowest BCUT2D eigenvalue weighted by atomic mass is 10.2. The van der Waals surface area contributed by atoms with E-state index in [1.165, 1.54) is 0 Å². The van der Waals surface area contributed by atoms with E-state index in [4.69, 9.17) is 5.73 Å². The standard InChI is InChI=1S/C7H12N4O3.ClH/c1-2-4(8)6(13)10-11-3-5(12)9-7(11)14;/h4H,2-3,8H2,1H3,(H,10,13)(H,9,12,14);1H/t4-;/m1./s1. The first-order valence-corrected chi connectivity index (χ1v) is 4.22. The van der Waals surface area contributed by atoms with Crippen LogP contribution in [-0.4, -0.2) is 35.4 Å². The number of rotatable bonds is 3. The van der Waals surface area contributed by atoms with Crippen molar-refractivity contribution in [2.24, 2.45) is 5.73 Å². The van der Waals surface area contributed by atoms with E-state index < -0.39 is 23.9 Å². The Morgan fingerprint density at radius 1 is 1.67 bits per heavy atom. The quantitative estimate of drug-likeness (QED) is 0.532. The van der Waals surface area contributed by atoms with Crippen LogP contribution in [0.3, 0.4) is 0 Å². The summed E-state index contributed by atoms with van der Waals surface area (Å²) in [6.07, 6.45) is 0.467. The largest absolute Gasteiger partial charge is 0.343 e. The minimum atomic E-state index is -0.668. The number of nitrogens with one attached hydrogen (secondary N) is 2. The Kier molecular flexibility index (Phi) is 5.03. The Hall–Kier alpha value is -1.34. The summed E-state index contributed by atoms with van der Waals surface area (Å²) in [6.45, 7) is 1.58. The van der Waals surface area contributed by atoms with Gasteiger partial charge in [-0.3, -0.25) is 20.3 Å². The number of imide groups is 1. The van der Waals surface area contributed by atoms with Gasteiger partial charge >= 0.3 is 6.03 Å². The molecule has 1 fully saturated rings. The Labute approximate surface area is 92.7 Å². The Bertz CT molecular complexity index is 283. The van der Waals surface area contributed by atoms with Crippen molar-refractivity contribution in [2.45, 2.75) is 19.4 Å². The number of urea groups is 1. The van der Waals surface area contributed by atoms with Gasteiger partial charge in [-0.05, 0) is 6.42 Å². The molecule has 7 nitrogen and oxygen atoms in total. The fourth-order valence-electron chi connectivity index (χ4n) is 0.933. The summed E-state index contributed by atoms with van der Waals surface area (Å²) in [5.74, 6) is -0.919. The summed E-state index contributed by atoms with van der Waals surface area (Å²) in [4.78, 5) is 32.9. The number of nitrogens with zero attached hydrogens (tertiary/aromatic N) is 1. The third kappa shape index (κ3) is 3.37. The molecule has 0 aromatic heterocycles. The van der Waals surface area contributed by atoms with E-state index in [1.807, 2.05) is 5.32 Å². The van der Waals surface area contributed by atoms with Crippen LogP contribution < -0.4 is 16.5 Å². The summed E-state index contributed by atoms with van der Waals surface area (Å²) in [5.41, 5.74) is 7.67. The van der Waals surface area contributed by atoms with Crippen molar-refractivity contribution in [3.05, 3.63) is 0 Å². The zero-order valence-electron chi connectivity index (χ0n) is 8.15. The first-order chi connectivity index (χ1) is 6.54. The van der Waals surface area contributed by atoms with E-state index in [0.717, 1.165) is 5.01 Å². The van der Waals surface area contributed by atoms with Gasteiger partial charge in [0.15, 0.2) is 0 Å². The number of amides is 4. The van der Waals surface area contributed by atoms with Crippen LogP contribution >= 0.6 is 12.4 Å². The Morgan fingerprint density at radius 2 is 2.27 bits per heavy atom. The highest BCUT2D eigenvalue weighted by atomic mass is 35.5. The van der Waals surface area contributed by atoms with Crippen LogP contribution in [-0.2, 0) is 9.59 Å². The number of hydrogen-bond acceptors (Lipinski definition) is 4. The van der Waals surface area contributed by atoms with Crippen molar-refractivity contribution < 1.29 is 14.4 Å². The van der Waals surface area contributed by atoms with Crippen molar-refractivity contribution in [1.82, 2.24) is 15.8 Å². The first-order valence-electron chi connectivity index (χ1n) is 4.22. The fraction of sp³-hybridized carbons (Fsp3) is 0.571. The maximum atomic E-state index is 11.2. The van der Waals surface area contributed by atoms with Gasteiger partial charge in [0.1, 0.15) is 6.54 Å². The second kappa shape index (κ2) is 5.52. The van der Waals surface area contributed by atoms with Gasteiger partial charge in [-0.2, -0.15) is 0 Å². The average molecular weight is 237 g/mol. The summed E-state index contributed by atoms with van der Waals surface area (Å²) in [7, 11) is 0. The zero-order valence-corrected chi connectivity index (χ0v) is 8.97. The molecule has 1 aliphatic rings. The van der Waals surface area contributed by atoms with Gasteiger partial charge in [0.2, 0.25) is 5.91 Å². The maximum absolute atomic E-state index is 11.2. The molecule has 1 saturated heterocycles. The molecule has 0 aliphatic carbocycles. The number of halogens is 1. The minimum absolute atomic E-state index is 0. The van der Waals surface area contributed by atoms with Gasteiger partial charge in [0, 0.05) is 0 Å². The van der Waals surface area contributed by atoms with Gasteiger partial charge in [0.25, 0.3) is 5.91 Å². The van der Waals surface area contributed by atoms with Crippen LogP contribution in [0.5, 0.6) is 0 Å². The van der Waals surface area contributed by atoms with E-state index in [-0.39, 0.29) is 19.0 Å². The molecule has 1 aliphatic heterocycles. The fourth-order valence-corrected chi connectivity index (χ4v) is 0.933. The second-order valence-electron chi connectivity index (χ2n) is 2.93. The topological polar surface area (TPSA) is 105 Å². The predicted octanol–water partition coefficient (Wildman–Crippen LogP) is -1.27. The molecule has 4 N–H and O–H groups in total. The molecular weight excluding hydrogens is 224 g/mol. The van der Waals surface area contributed by atoms with E-state index in [9.17, 15) is 14.4 Å². The van der Waals surface area contributed by atoms with Crippen LogP contribution in [0.25, 0.3) is 0 Å². The highest BCUT2D eigenvalue weighted by molar-refractivity contribution is 6.02. The normalized spacial score (nSPS) is 16.8. The Balaban J connectivity index is 0.00000196. The van der Waals surface area contributed by atoms with E-state index in [0.29, 0.717) is 6.42 Å². The lowest BCUT2D eigenvalue weighted by Gasteiger charge is -2.16. The third-order valence-electron chi connectivity index (χ3n) is 1.81. The van der Waals surface area contributed by atoms with Crippen molar-refractivity contribution in [3.8, 4) is 0 Å². The first kappa shape index (κ1) is 13.7. The van der Waals surface area contributed by atoms with Gasteiger partial charge in [0.05, 0.1) is 6.04 Å². The molecule has 0 radical (unpaired) electrons. The van der Waals surface area contributed by atoms with Crippen molar-refractivity contribution in [1.29, 1.82) is 0 Å². The van der Waals surface area contributed by atoms with Gasteiger partial charge in [-0.15, -0.1) is 12.4 Å². The summed E-state index contributed by atoms with van der Waals surface area (Å²) >= 11 is 0. The molecule has 0 aromatic carbocycles. The minimum Gasteiger partial charge on any atom is -0.320 e. The summed E-state index contributed by atoms with van der Waals surface area (Å²) < 4.78 is 0. The molecule has 0 spiro atoms. The smallest absolute Gasteiger partial charge is 0.320 e. The molecular formula is C7H13ClN4O3. The van der Waals surface area contributed by atoms with Crippen LogP contribution in [0.15, 0.2) is 0 Å². The predicted molar refractivity (Wildman–Crippen MR) is 53.9 cm³/mol. The molecule has 8 heteroatoms. The lowest BCUT2D eigenvalue weighted by Crippen LogP contribution is -2.50. The number of carbonyl (C=O) groups excluding carboxylic acids is 3. The van der Waals surface area contributed by atoms with E-state index >= 15 is 0 Å². The highest BCUT2D eigenvalue weighted by Crippen LogP contribution is 1.95. The number of hydrogen-bond donors (Lipinski definition) is 3. The van der Waals surface area contributed by atoms with Crippen LogP contribution in [0, 0.1) is 0 Å². The van der Waals surface area contributed by atoms with Gasteiger partial charge in [-0.25, -0.2) is 9.80 Å². The molecule has 15 heavy (non-hydrogen) atoms. The zero-order chi connectivity index (χ0) is 10.7. The van der Waals surface area contributed by atoms with Crippen LogP contribution in [0.1, 0.15) is 13.3 Å². The van der Waals surface area contributed by atoms with Crippen LogP contribution in [0.4, 0.5) is 4.79 Å². The monoisotopic (exact) mass is 236 g/mol. The molecule has 0 aromatic rings. The molecule has 4 amide bonds. The lowest BCUT2D eigenvalue weighted by molar-refractivity contribution is -0.126. The molecule has 1 rings (SSSR count). The molecule has 0 unspecified atom stereocenters.